The molecule has 1 aliphatic carbocycles. The molecule has 1 rings (SSSR count). The van der Waals surface area contributed by atoms with Gasteiger partial charge in [0, 0.05) is 6.04 Å². The van der Waals surface area contributed by atoms with Gasteiger partial charge in [-0.05, 0) is 12.8 Å². The summed E-state index contributed by atoms with van der Waals surface area (Å²) in [6.07, 6.45) is 4.16. The summed E-state index contributed by atoms with van der Waals surface area (Å²) in [5.41, 5.74) is 1.79. The van der Waals surface area contributed by atoms with Gasteiger partial charge in [-0.25, -0.2) is 5.84 Å². The van der Waals surface area contributed by atoms with Gasteiger partial charge in [-0.3, -0.25) is 15.0 Å². The molecule has 0 heterocycles. The molecule has 0 atom stereocenters. The maximum atomic E-state index is 10.9. The molecular weight excluding hydrogens is 158 g/mol. The van der Waals surface area contributed by atoms with Crippen LogP contribution in [0, 0.1) is 0 Å². The Morgan fingerprint density at radius 2 is 1.75 bits per heavy atom. The first-order valence-electron chi connectivity index (χ1n) is 4.05. The molecule has 0 radical (unpaired) electrons. The van der Waals surface area contributed by atoms with Crippen LogP contribution in [0.1, 0.15) is 25.7 Å². The zero-order valence-electron chi connectivity index (χ0n) is 6.80. The normalized spacial score (nSPS) is 17.4. The van der Waals surface area contributed by atoms with Gasteiger partial charge >= 0.3 is 11.8 Å². The van der Waals surface area contributed by atoms with Crippen molar-refractivity contribution in [3.8, 4) is 0 Å². The van der Waals surface area contributed by atoms with Crippen molar-refractivity contribution in [3.63, 3.8) is 0 Å². The maximum absolute atomic E-state index is 10.9. The van der Waals surface area contributed by atoms with Crippen LogP contribution in [0.2, 0.25) is 0 Å². The third kappa shape index (κ3) is 2.20. The summed E-state index contributed by atoms with van der Waals surface area (Å²) >= 11 is 0. The summed E-state index contributed by atoms with van der Waals surface area (Å²) in [6.45, 7) is 0. The van der Waals surface area contributed by atoms with Crippen LogP contribution in [0.25, 0.3) is 0 Å². The summed E-state index contributed by atoms with van der Waals surface area (Å²) in [5.74, 6) is 3.38. The Balaban J connectivity index is 2.29. The Bertz CT molecular complexity index is 187. The minimum Gasteiger partial charge on any atom is -0.345 e. The van der Waals surface area contributed by atoms with E-state index in [-0.39, 0.29) is 6.04 Å². The highest BCUT2D eigenvalue weighted by atomic mass is 16.2. The lowest BCUT2D eigenvalue weighted by atomic mass is 10.2. The number of nitrogens with two attached hydrogens (primary N) is 1. The molecule has 1 aliphatic rings. The molecule has 2 amide bonds. The van der Waals surface area contributed by atoms with Gasteiger partial charge in [0.1, 0.15) is 0 Å². The molecule has 0 unspecified atom stereocenters. The summed E-state index contributed by atoms with van der Waals surface area (Å²) < 4.78 is 0. The van der Waals surface area contributed by atoms with Crippen molar-refractivity contribution in [3.05, 3.63) is 0 Å². The Hall–Kier alpha value is -1.10. The molecule has 0 aromatic rings. The molecule has 0 aliphatic heterocycles. The van der Waals surface area contributed by atoms with E-state index in [9.17, 15) is 9.59 Å². The SMILES string of the molecule is NNC(=O)C(=O)NC1CCCC1. The van der Waals surface area contributed by atoms with Crippen molar-refractivity contribution in [2.75, 3.05) is 0 Å². The van der Waals surface area contributed by atoms with Crippen LogP contribution in [0.5, 0.6) is 0 Å². The highest BCUT2D eigenvalue weighted by Crippen LogP contribution is 2.17. The predicted octanol–water partition coefficient (Wildman–Crippen LogP) is -0.965. The van der Waals surface area contributed by atoms with E-state index in [1.54, 1.807) is 5.43 Å². The number of hydrogen-bond acceptors (Lipinski definition) is 3. The first kappa shape index (κ1) is 8.99. The minimum atomic E-state index is -0.776. The highest BCUT2D eigenvalue weighted by Gasteiger charge is 2.20. The second kappa shape index (κ2) is 4.06. The number of rotatable bonds is 1. The van der Waals surface area contributed by atoms with E-state index >= 15 is 0 Å². The molecule has 1 fully saturated rings. The van der Waals surface area contributed by atoms with Gasteiger partial charge in [0.05, 0.1) is 0 Å². The molecule has 5 nitrogen and oxygen atoms in total. The van der Waals surface area contributed by atoms with E-state index in [0.717, 1.165) is 25.7 Å². The fraction of sp³-hybridized carbons (Fsp3) is 0.714. The average molecular weight is 171 g/mol. The van der Waals surface area contributed by atoms with Gasteiger partial charge in [-0.2, -0.15) is 0 Å². The van der Waals surface area contributed by atoms with Gasteiger partial charge in [0.2, 0.25) is 0 Å². The molecule has 0 bridgehead atoms. The van der Waals surface area contributed by atoms with Crippen LogP contribution >= 0.6 is 0 Å². The Morgan fingerprint density at radius 1 is 1.17 bits per heavy atom. The Kier molecular flexibility index (Phi) is 3.04. The summed E-state index contributed by atoms with van der Waals surface area (Å²) in [5, 5.41) is 2.60. The van der Waals surface area contributed by atoms with Gasteiger partial charge in [-0.15, -0.1) is 0 Å². The van der Waals surface area contributed by atoms with E-state index in [0.29, 0.717) is 0 Å². The largest absolute Gasteiger partial charge is 0.345 e. The van der Waals surface area contributed by atoms with Crippen molar-refractivity contribution in [2.45, 2.75) is 31.7 Å². The van der Waals surface area contributed by atoms with Gasteiger partial charge < -0.3 is 5.32 Å². The predicted molar refractivity (Wildman–Crippen MR) is 42.7 cm³/mol. The molecule has 0 aromatic carbocycles. The lowest BCUT2D eigenvalue weighted by Crippen LogP contribution is -2.46. The fourth-order valence-corrected chi connectivity index (χ4v) is 1.39. The second-order valence-corrected chi connectivity index (χ2v) is 2.93. The first-order chi connectivity index (χ1) is 5.74. The van der Waals surface area contributed by atoms with Crippen LogP contribution in [0.3, 0.4) is 0 Å². The Morgan fingerprint density at radius 3 is 2.25 bits per heavy atom. The van der Waals surface area contributed by atoms with Crippen LogP contribution in [0.15, 0.2) is 0 Å². The van der Waals surface area contributed by atoms with Crippen LogP contribution in [0.4, 0.5) is 0 Å². The number of nitrogens with one attached hydrogen (secondary N) is 2. The van der Waals surface area contributed by atoms with Crippen molar-refractivity contribution in [1.29, 1.82) is 0 Å². The van der Waals surface area contributed by atoms with Crippen molar-refractivity contribution in [1.82, 2.24) is 10.7 Å². The molecule has 1 saturated carbocycles. The summed E-state index contributed by atoms with van der Waals surface area (Å²) in [4.78, 5) is 21.6. The van der Waals surface area contributed by atoms with Gasteiger partial charge in [0.25, 0.3) is 0 Å². The second-order valence-electron chi connectivity index (χ2n) is 2.93. The van der Waals surface area contributed by atoms with E-state index in [1.807, 2.05) is 0 Å². The lowest BCUT2D eigenvalue weighted by Gasteiger charge is -2.09. The van der Waals surface area contributed by atoms with Crippen LogP contribution in [-0.4, -0.2) is 17.9 Å². The summed E-state index contributed by atoms with van der Waals surface area (Å²) in [6, 6.07) is 0.162. The zero-order chi connectivity index (χ0) is 8.97. The monoisotopic (exact) mass is 171 g/mol. The number of hydrogen-bond donors (Lipinski definition) is 3. The molecule has 0 aromatic heterocycles. The van der Waals surface area contributed by atoms with Crippen molar-refractivity contribution >= 4 is 11.8 Å². The van der Waals surface area contributed by atoms with E-state index in [2.05, 4.69) is 5.32 Å². The minimum absolute atomic E-state index is 0.162. The third-order valence-electron chi connectivity index (χ3n) is 2.03. The summed E-state index contributed by atoms with van der Waals surface area (Å²) in [7, 11) is 0. The van der Waals surface area contributed by atoms with E-state index in [4.69, 9.17) is 5.84 Å². The molecular formula is C7H13N3O2. The maximum Gasteiger partial charge on any atom is 0.323 e. The number of amides is 2. The van der Waals surface area contributed by atoms with E-state index < -0.39 is 11.8 Å². The number of carbonyl (C=O) groups is 2. The van der Waals surface area contributed by atoms with Crippen LogP contribution < -0.4 is 16.6 Å². The highest BCUT2D eigenvalue weighted by molar-refractivity contribution is 6.34. The third-order valence-corrected chi connectivity index (χ3v) is 2.03. The average Bonchev–Trinajstić information content (AvgIpc) is 2.55. The quantitative estimate of drug-likeness (QED) is 0.205. The zero-order valence-corrected chi connectivity index (χ0v) is 6.80. The topological polar surface area (TPSA) is 84.2 Å². The molecule has 0 spiro atoms. The fourth-order valence-electron chi connectivity index (χ4n) is 1.39. The smallest absolute Gasteiger partial charge is 0.323 e. The number of hydrazine groups is 1. The lowest BCUT2D eigenvalue weighted by molar-refractivity contribution is -0.139. The van der Waals surface area contributed by atoms with Crippen LogP contribution in [-0.2, 0) is 9.59 Å². The molecule has 5 heteroatoms. The Labute approximate surface area is 70.7 Å². The first-order valence-corrected chi connectivity index (χ1v) is 4.05. The van der Waals surface area contributed by atoms with Gasteiger partial charge in [0.15, 0.2) is 0 Å². The molecule has 0 saturated heterocycles. The van der Waals surface area contributed by atoms with Crippen molar-refractivity contribution < 1.29 is 9.59 Å². The van der Waals surface area contributed by atoms with Crippen molar-refractivity contribution in [2.24, 2.45) is 5.84 Å². The standard InChI is InChI=1S/C7H13N3O2/c8-10-7(12)6(11)9-5-3-1-2-4-5/h5H,1-4,8H2,(H,9,11)(H,10,12). The molecule has 68 valence electrons. The van der Waals surface area contributed by atoms with Gasteiger partial charge in [-0.1, -0.05) is 12.8 Å². The van der Waals surface area contributed by atoms with E-state index in [1.165, 1.54) is 0 Å². The molecule has 4 N–H and O–H groups in total. The molecule has 12 heavy (non-hydrogen) atoms. The number of carbonyl (C=O) groups excluding carboxylic acids is 2.